The van der Waals surface area contributed by atoms with Crippen LogP contribution in [-0.4, -0.2) is 29.2 Å². The highest BCUT2D eigenvalue weighted by Gasteiger charge is 2.15. The van der Waals surface area contributed by atoms with Crippen LogP contribution in [0.2, 0.25) is 0 Å². The molecule has 5 rings (SSSR count). The van der Waals surface area contributed by atoms with Gasteiger partial charge in [0.25, 0.3) is 0 Å². The average Bonchev–Trinajstić information content (AvgIpc) is 2.83. The first-order valence-corrected chi connectivity index (χ1v) is 9.75. The second-order valence-electron chi connectivity index (χ2n) is 6.90. The van der Waals surface area contributed by atoms with Crippen molar-refractivity contribution in [1.29, 1.82) is 0 Å². The lowest BCUT2D eigenvalue weighted by Crippen LogP contribution is -1.96. The van der Waals surface area contributed by atoms with Gasteiger partial charge in [-0.1, -0.05) is 18.2 Å². The molecule has 0 radical (unpaired) electrons. The van der Waals surface area contributed by atoms with Crippen molar-refractivity contribution in [2.75, 3.05) is 14.2 Å². The van der Waals surface area contributed by atoms with E-state index in [-0.39, 0.29) is 0 Å². The predicted molar refractivity (Wildman–Crippen MR) is 120 cm³/mol. The van der Waals surface area contributed by atoms with Gasteiger partial charge >= 0.3 is 0 Å². The van der Waals surface area contributed by atoms with Crippen molar-refractivity contribution in [2.45, 2.75) is 0 Å². The fourth-order valence-electron chi connectivity index (χ4n) is 3.55. The Bertz CT molecular complexity index is 1390. The van der Waals surface area contributed by atoms with Gasteiger partial charge in [-0.05, 0) is 36.4 Å². The predicted octanol–water partition coefficient (Wildman–Crippen LogP) is 5.65. The molecule has 0 fully saturated rings. The molecule has 6 heteroatoms. The largest absolute Gasteiger partial charge is 0.493 e. The fraction of sp³-hybridized carbons (Fsp3) is 0.0800. The minimum absolute atomic E-state index is 0.610. The van der Waals surface area contributed by atoms with E-state index in [1.165, 1.54) is 0 Å². The SMILES string of the molecule is COc1cc2nccc(Oc3cc4ccccc4nc3-c3ccncc3)c2cc1OC. The van der Waals surface area contributed by atoms with E-state index in [1.54, 1.807) is 32.8 Å². The number of aromatic nitrogens is 3. The summed E-state index contributed by atoms with van der Waals surface area (Å²) in [6.45, 7) is 0. The van der Waals surface area contributed by atoms with Gasteiger partial charge in [0, 0.05) is 41.0 Å². The number of hydrogen-bond donors (Lipinski definition) is 0. The fourth-order valence-corrected chi connectivity index (χ4v) is 3.55. The molecule has 0 saturated carbocycles. The molecule has 0 spiro atoms. The van der Waals surface area contributed by atoms with E-state index in [9.17, 15) is 0 Å². The summed E-state index contributed by atoms with van der Waals surface area (Å²) >= 11 is 0. The molecule has 3 heterocycles. The molecule has 0 aliphatic heterocycles. The quantitative estimate of drug-likeness (QED) is 0.373. The summed E-state index contributed by atoms with van der Waals surface area (Å²) in [5.41, 5.74) is 3.31. The molecule has 0 amide bonds. The highest BCUT2D eigenvalue weighted by Crippen LogP contribution is 2.39. The zero-order valence-corrected chi connectivity index (χ0v) is 17.1. The second-order valence-corrected chi connectivity index (χ2v) is 6.90. The van der Waals surface area contributed by atoms with Gasteiger partial charge < -0.3 is 14.2 Å². The van der Waals surface area contributed by atoms with Gasteiger partial charge in [-0.25, -0.2) is 4.98 Å². The van der Waals surface area contributed by atoms with Crippen LogP contribution in [0.3, 0.4) is 0 Å². The summed E-state index contributed by atoms with van der Waals surface area (Å²) in [5.74, 6) is 2.52. The van der Waals surface area contributed by atoms with E-state index in [0.29, 0.717) is 23.0 Å². The van der Waals surface area contributed by atoms with Crippen LogP contribution in [0.4, 0.5) is 0 Å². The Hall–Kier alpha value is -4.19. The van der Waals surface area contributed by atoms with E-state index < -0.39 is 0 Å². The molecule has 0 bridgehead atoms. The molecule has 0 saturated heterocycles. The molecular formula is C25H19N3O3. The van der Waals surface area contributed by atoms with Gasteiger partial charge in [0.05, 0.1) is 25.3 Å². The summed E-state index contributed by atoms with van der Waals surface area (Å²) < 4.78 is 17.3. The lowest BCUT2D eigenvalue weighted by atomic mass is 10.1. The molecule has 5 aromatic rings. The Morgan fingerprint density at radius 3 is 2.26 bits per heavy atom. The minimum atomic E-state index is 0.610. The number of fused-ring (bicyclic) bond motifs is 2. The van der Waals surface area contributed by atoms with Crippen LogP contribution >= 0.6 is 0 Å². The Labute approximate surface area is 179 Å². The first-order valence-electron chi connectivity index (χ1n) is 9.75. The zero-order chi connectivity index (χ0) is 21.2. The van der Waals surface area contributed by atoms with Crippen molar-refractivity contribution in [3.8, 4) is 34.3 Å². The molecule has 0 atom stereocenters. The number of rotatable bonds is 5. The molecule has 3 aromatic heterocycles. The standard InChI is InChI=1S/C25H19N3O3/c1-29-22-14-18-20(15-23(22)30-2)27-12-9-21(18)31-24-13-17-5-3-4-6-19(17)28-25(24)16-7-10-26-11-8-16/h3-15H,1-2H3. The van der Waals surface area contributed by atoms with Crippen LogP contribution in [0, 0.1) is 0 Å². The van der Waals surface area contributed by atoms with Crippen LogP contribution in [0.1, 0.15) is 0 Å². The normalized spacial score (nSPS) is 10.9. The van der Waals surface area contributed by atoms with Crippen LogP contribution < -0.4 is 14.2 Å². The van der Waals surface area contributed by atoms with Gasteiger partial charge in [0.15, 0.2) is 17.2 Å². The summed E-state index contributed by atoms with van der Waals surface area (Å²) in [4.78, 5) is 13.4. The molecular weight excluding hydrogens is 390 g/mol. The van der Waals surface area contributed by atoms with Gasteiger partial charge in [0.1, 0.15) is 11.4 Å². The topological polar surface area (TPSA) is 66.4 Å². The third-order valence-electron chi connectivity index (χ3n) is 5.07. The average molecular weight is 409 g/mol. The molecule has 6 nitrogen and oxygen atoms in total. The van der Waals surface area contributed by atoms with Crippen molar-refractivity contribution < 1.29 is 14.2 Å². The molecule has 2 aromatic carbocycles. The lowest BCUT2D eigenvalue weighted by molar-refractivity contribution is 0.355. The maximum Gasteiger partial charge on any atom is 0.162 e. The highest BCUT2D eigenvalue weighted by molar-refractivity contribution is 5.89. The van der Waals surface area contributed by atoms with E-state index in [4.69, 9.17) is 19.2 Å². The minimum Gasteiger partial charge on any atom is -0.493 e. The Balaban J connectivity index is 1.69. The molecule has 0 N–H and O–H groups in total. The van der Waals surface area contributed by atoms with Crippen LogP contribution in [0.15, 0.2) is 79.3 Å². The van der Waals surface area contributed by atoms with Gasteiger partial charge in [-0.3, -0.25) is 9.97 Å². The van der Waals surface area contributed by atoms with Crippen LogP contribution in [-0.2, 0) is 0 Å². The van der Waals surface area contributed by atoms with E-state index in [1.807, 2.05) is 60.7 Å². The van der Waals surface area contributed by atoms with Gasteiger partial charge in [-0.2, -0.15) is 0 Å². The summed E-state index contributed by atoms with van der Waals surface area (Å²) in [5, 5.41) is 1.81. The number of pyridine rings is 3. The second kappa shape index (κ2) is 7.91. The Morgan fingerprint density at radius 2 is 1.45 bits per heavy atom. The lowest BCUT2D eigenvalue weighted by Gasteiger charge is -2.15. The van der Waals surface area contributed by atoms with Crippen LogP contribution in [0.25, 0.3) is 33.1 Å². The van der Waals surface area contributed by atoms with E-state index in [2.05, 4.69) is 9.97 Å². The number of benzene rings is 2. The third-order valence-corrected chi connectivity index (χ3v) is 5.07. The van der Waals surface area contributed by atoms with E-state index in [0.717, 1.165) is 33.1 Å². The maximum absolute atomic E-state index is 6.44. The smallest absolute Gasteiger partial charge is 0.162 e. The number of hydrogen-bond acceptors (Lipinski definition) is 6. The number of nitrogens with zero attached hydrogens (tertiary/aromatic N) is 3. The van der Waals surface area contributed by atoms with Crippen molar-refractivity contribution in [1.82, 2.24) is 15.0 Å². The maximum atomic E-state index is 6.44. The van der Waals surface area contributed by atoms with Gasteiger partial charge in [-0.15, -0.1) is 0 Å². The first kappa shape index (κ1) is 18.8. The highest BCUT2D eigenvalue weighted by atomic mass is 16.5. The first-order chi connectivity index (χ1) is 15.3. The third kappa shape index (κ3) is 3.48. The van der Waals surface area contributed by atoms with Crippen molar-refractivity contribution in [2.24, 2.45) is 0 Å². The molecule has 0 aliphatic carbocycles. The molecule has 0 aliphatic rings. The van der Waals surface area contributed by atoms with E-state index >= 15 is 0 Å². The zero-order valence-electron chi connectivity index (χ0n) is 17.1. The Morgan fingerprint density at radius 1 is 0.677 bits per heavy atom. The van der Waals surface area contributed by atoms with Crippen molar-refractivity contribution >= 4 is 21.8 Å². The number of ether oxygens (including phenoxy) is 3. The number of methoxy groups -OCH3 is 2. The molecule has 0 unspecified atom stereocenters. The monoisotopic (exact) mass is 409 g/mol. The van der Waals surface area contributed by atoms with Gasteiger partial charge in [0.2, 0.25) is 0 Å². The molecule has 152 valence electrons. The van der Waals surface area contributed by atoms with Crippen LogP contribution in [0.5, 0.6) is 23.0 Å². The van der Waals surface area contributed by atoms with Crippen molar-refractivity contribution in [3.05, 3.63) is 79.3 Å². The summed E-state index contributed by atoms with van der Waals surface area (Å²) in [7, 11) is 3.21. The summed E-state index contributed by atoms with van der Waals surface area (Å²) in [6.07, 6.45) is 5.20. The van der Waals surface area contributed by atoms with Crippen molar-refractivity contribution in [3.63, 3.8) is 0 Å². The summed E-state index contributed by atoms with van der Waals surface area (Å²) in [6, 6.07) is 19.4. The number of para-hydroxylation sites is 1. The Kier molecular flexibility index (Phi) is 4.80. The molecule has 31 heavy (non-hydrogen) atoms.